The second kappa shape index (κ2) is 4.42. The van der Waals surface area contributed by atoms with Crippen LogP contribution in [0.2, 0.25) is 0 Å². The average Bonchev–Trinajstić information content (AvgIpc) is 2.80. The van der Waals surface area contributed by atoms with Gasteiger partial charge in [-0.3, -0.25) is 4.98 Å². The van der Waals surface area contributed by atoms with E-state index in [1.54, 1.807) is 0 Å². The lowest BCUT2D eigenvalue weighted by Gasteiger charge is -2.10. The minimum atomic E-state index is 0.718. The summed E-state index contributed by atoms with van der Waals surface area (Å²) in [5.41, 5.74) is 6.77. The van der Waals surface area contributed by atoms with E-state index in [-0.39, 0.29) is 0 Å². The summed E-state index contributed by atoms with van der Waals surface area (Å²) >= 11 is 0. The summed E-state index contributed by atoms with van der Waals surface area (Å²) in [6, 6.07) is 10.5. The van der Waals surface area contributed by atoms with E-state index >= 15 is 0 Å². The van der Waals surface area contributed by atoms with Gasteiger partial charge < -0.3 is 10.1 Å². The maximum absolute atomic E-state index is 5.42. The Morgan fingerprint density at radius 2 is 1.89 bits per heavy atom. The highest BCUT2D eigenvalue weighted by atomic mass is 16.5. The third-order valence-electron chi connectivity index (χ3n) is 3.23. The zero-order chi connectivity index (χ0) is 12.5. The zero-order valence-electron chi connectivity index (χ0n) is 10.7. The Bertz CT molecular complexity index is 593. The van der Waals surface area contributed by atoms with Crippen molar-refractivity contribution >= 4 is 11.4 Å². The number of aromatic nitrogens is 1. The summed E-state index contributed by atoms with van der Waals surface area (Å²) in [7, 11) is 0. The molecule has 0 fully saturated rings. The van der Waals surface area contributed by atoms with Gasteiger partial charge in [0.2, 0.25) is 0 Å². The van der Waals surface area contributed by atoms with E-state index in [9.17, 15) is 0 Å². The average molecular weight is 240 g/mol. The van der Waals surface area contributed by atoms with E-state index in [2.05, 4.69) is 34.6 Å². The van der Waals surface area contributed by atoms with E-state index in [1.807, 2.05) is 19.9 Å². The fourth-order valence-corrected chi connectivity index (χ4v) is 2.22. The molecule has 18 heavy (non-hydrogen) atoms. The summed E-state index contributed by atoms with van der Waals surface area (Å²) in [5, 5.41) is 3.41. The molecule has 92 valence electrons. The van der Waals surface area contributed by atoms with E-state index in [0.29, 0.717) is 0 Å². The normalized spacial score (nSPS) is 13.4. The van der Waals surface area contributed by atoms with Crippen molar-refractivity contribution in [1.29, 1.82) is 0 Å². The molecule has 2 aromatic rings. The molecule has 1 aliphatic heterocycles. The molecular weight excluding hydrogens is 224 g/mol. The highest BCUT2D eigenvalue weighted by Gasteiger charge is 2.11. The molecule has 0 unspecified atom stereocenters. The first kappa shape index (κ1) is 11.2. The number of rotatable bonds is 2. The molecule has 1 aliphatic rings. The van der Waals surface area contributed by atoms with Crippen molar-refractivity contribution in [2.45, 2.75) is 27.1 Å². The number of pyridine rings is 1. The van der Waals surface area contributed by atoms with Crippen LogP contribution in [-0.4, -0.2) is 4.98 Å². The van der Waals surface area contributed by atoms with Crippen molar-refractivity contribution in [3.8, 4) is 0 Å². The molecule has 0 saturated heterocycles. The van der Waals surface area contributed by atoms with Crippen LogP contribution in [0.15, 0.2) is 30.3 Å². The van der Waals surface area contributed by atoms with Crippen LogP contribution in [0.3, 0.4) is 0 Å². The van der Waals surface area contributed by atoms with Crippen LogP contribution in [0.25, 0.3) is 0 Å². The molecule has 0 aliphatic carbocycles. The molecular formula is C15H16N2O. The molecule has 1 aromatic carbocycles. The van der Waals surface area contributed by atoms with Crippen molar-refractivity contribution in [2.75, 3.05) is 5.32 Å². The number of anilines is 2. The molecule has 0 atom stereocenters. The van der Waals surface area contributed by atoms with Crippen LogP contribution in [0.4, 0.5) is 11.4 Å². The minimum Gasteiger partial charge on any atom is -0.372 e. The molecule has 3 heteroatoms. The lowest BCUT2D eigenvalue weighted by Crippen LogP contribution is -1.97. The van der Waals surface area contributed by atoms with Gasteiger partial charge >= 0.3 is 0 Å². The van der Waals surface area contributed by atoms with E-state index in [0.717, 1.165) is 36.0 Å². The quantitative estimate of drug-likeness (QED) is 0.872. The number of hydrogen-bond donors (Lipinski definition) is 1. The molecule has 0 amide bonds. The summed E-state index contributed by atoms with van der Waals surface area (Å²) in [5.74, 6) is 0. The van der Waals surface area contributed by atoms with Gasteiger partial charge in [0, 0.05) is 11.4 Å². The lowest BCUT2D eigenvalue weighted by atomic mass is 10.1. The highest BCUT2D eigenvalue weighted by molar-refractivity contribution is 5.63. The first-order valence-electron chi connectivity index (χ1n) is 6.13. The number of aryl methyl sites for hydroxylation is 2. The van der Waals surface area contributed by atoms with Gasteiger partial charge in [0.1, 0.15) is 0 Å². The SMILES string of the molecule is Cc1ccc(Nc2ccc3c(c2)COC3)c(C)n1. The molecule has 0 radical (unpaired) electrons. The largest absolute Gasteiger partial charge is 0.372 e. The Morgan fingerprint density at radius 1 is 1.06 bits per heavy atom. The number of fused-ring (bicyclic) bond motifs is 1. The molecule has 3 rings (SSSR count). The van der Waals surface area contributed by atoms with E-state index in [1.165, 1.54) is 11.1 Å². The fraction of sp³-hybridized carbons (Fsp3) is 0.267. The molecule has 0 saturated carbocycles. The molecule has 1 aromatic heterocycles. The van der Waals surface area contributed by atoms with Crippen molar-refractivity contribution in [3.05, 3.63) is 52.8 Å². The minimum absolute atomic E-state index is 0.718. The second-order valence-corrected chi connectivity index (χ2v) is 4.69. The smallest absolute Gasteiger partial charge is 0.0725 e. The van der Waals surface area contributed by atoms with Gasteiger partial charge in [-0.2, -0.15) is 0 Å². The Balaban J connectivity index is 1.88. The first-order valence-corrected chi connectivity index (χ1v) is 6.13. The van der Waals surface area contributed by atoms with Crippen LogP contribution in [-0.2, 0) is 18.0 Å². The monoisotopic (exact) mass is 240 g/mol. The van der Waals surface area contributed by atoms with E-state index < -0.39 is 0 Å². The Kier molecular flexibility index (Phi) is 2.76. The van der Waals surface area contributed by atoms with Gasteiger partial charge in [0.25, 0.3) is 0 Å². The van der Waals surface area contributed by atoms with Gasteiger partial charge in [-0.1, -0.05) is 6.07 Å². The zero-order valence-corrected chi connectivity index (χ0v) is 10.7. The summed E-state index contributed by atoms with van der Waals surface area (Å²) in [4.78, 5) is 4.46. The predicted octanol–water partition coefficient (Wildman–Crippen LogP) is 3.47. The fourth-order valence-electron chi connectivity index (χ4n) is 2.22. The Morgan fingerprint density at radius 3 is 2.72 bits per heavy atom. The maximum atomic E-state index is 5.42. The third-order valence-corrected chi connectivity index (χ3v) is 3.23. The maximum Gasteiger partial charge on any atom is 0.0725 e. The summed E-state index contributed by atoms with van der Waals surface area (Å²) in [6.45, 7) is 5.48. The van der Waals surface area contributed by atoms with Crippen molar-refractivity contribution in [2.24, 2.45) is 0 Å². The number of nitrogens with one attached hydrogen (secondary N) is 1. The summed E-state index contributed by atoms with van der Waals surface area (Å²) < 4.78 is 5.42. The second-order valence-electron chi connectivity index (χ2n) is 4.69. The topological polar surface area (TPSA) is 34.1 Å². The number of benzene rings is 1. The Hall–Kier alpha value is -1.87. The van der Waals surface area contributed by atoms with Crippen molar-refractivity contribution < 1.29 is 4.74 Å². The van der Waals surface area contributed by atoms with Gasteiger partial charge in [-0.15, -0.1) is 0 Å². The molecule has 0 spiro atoms. The summed E-state index contributed by atoms with van der Waals surface area (Å²) in [6.07, 6.45) is 0. The lowest BCUT2D eigenvalue weighted by molar-refractivity contribution is 0.134. The molecule has 0 bridgehead atoms. The highest BCUT2D eigenvalue weighted by Crippen LogP contribution is 2.26. The molecule has 3 nitrogen and oxygen atoms in total. The Labute approximate surface area is 107 Å². The number of nitrogens with zero attached hydrogens (tertiary/aromatic N) is 1. The van der Waals surface area contributed by atoms with Crippen LogP contribution >= 0.6 is 0 Å². The van der Waals surface area contributed by atoms with Crippen LogP contribution in [0.5, 0.6) is 0 Å². The third kappa shape index (κ3) is 2.09. The molecule has 2 heterocycles. The number of ether oxygens (including phenoxy) is 1. The predicted molar refractivity (Wildman–Crippen MR) is 71.9 cm³/mol. The van der Waals surface area contributed by atoms with Gasteiger partial charge in [0.05, 0.1) is 24.6 Å². The first-order chi connectivity index (χ1) is 8.72. The van der Waals surface area contributed by atoms with Crippen molar-refractivity contribution in [1.82, 2.24) is 4.98 Å². The van der Waals surface area contributed by atoms with Crippen molar-refractivity contribution in [3.63, 3.8) is 0 Å². The standard InChI is InChI=1S/C15H16N2O/c1-10-3-6-15(11(2)16-10)17-14-5-4-12-8-18-9-13(12)7-14/h3-7,17H,8-9H2,1-2H3. The van der Waals surface area contributed by atoms with Gasteiger partial charge in [-0.25, -0.2) is 0 Å². The number of hydrogen-bond acceptors (Lipinski definition) is 3. The van der Waals surface area contributed by atoms with Crippen LogP contribution in [0.1, 0.15) is 22.5 Å². The van der Waals surface area contributed by atoms with Gasteiger partial charge in [0.15, 0.2) is 0 Å². The van der Waals surface area contributed by atoms with Gasteiger partial charge in [-0.05, 0) is 49.2 Å². The van der Waals surface area contributed by atoms with Crippen LogP contribution in [0, 0.1) is 13.8 Å². The van der Waals surface area contributed by atoms with Crippen LogP contribution < -0.4 is 5.32 Å². The molecule has 1 N–H and O–H groups in total. The van der Waals surface area contributed by atoms with E-state index in [4.69, 9.17) is 4.74 Å².